The number of thioether (sulfide) groups is 2. The molecule has 1 fully saturated rings. The molecule has 4 rings (SSSR count). The minimum absolute atomic E-state index is 0.0549. The van der Waals surface area contributed by atoms with Crippen LogP contribution in [-0.4, -0.2) is 113 Å². The average molecular weight is 649 g/mol. The van der Waals surface area contributed by atoms with E-state index in [-0.39, 0.29) is 34.7 Å². The Kier molecular flexibility index (Phi) is 9.72. The lowest BCUT2D eigenvalue weighted by molar-refractivity contribution is -0.151. The first kappa shape index (κ1) is 32.6. The molecule has 0 bridgehead atoms. The Balaban J connectivity index is 1.58. The van der Waals surface area contributed by atoms with Crippen LogP contribution in [0.3, 0.4) is 0 Å². The Labute approximate surface area is 260 Å². The molecule has 18 heteroatoms. The summed E-state index contributed by atoms with van der Waals surface area (Å²) in [7, 11) is 3.15. The van der Waals surface area contributed by atoms with E-state index >= 15 is 0 Å². The van der Waals surface area contributed by atoms with Gasteiger partial charge in [0.1, 0.15) is 34.5 Å². The second-order valence-corrected chi connectivity index (χ2v) is 13.3. The van der Waals surface area contributed by atoms with Gasteiger partial charge in [0.25, 0.3) is 5.91 Å². The number of aromatic nitrogens is 4. The molecular weight excluding hydrogens is 616 g/mol. The van der Waals surface area contributed by atoms with Gasteiger partial charge >= 0.3 is 12.1 Å². The smallest absolute Gasteiger partial charge is 0.408 e. The van der Waals surface area contributed by atoms with Crippen molar-refractivity contribution < 1.29 is 38.9 Å². The number of amides is 4. The van der Waals surface area contributed by atoms with Crippen LogP contribution >= 0.6 is 23.5 Å². The number of phenolic OH excluding ortho intramolecular Hbond substituents is 1. The number of nitrogens with zero attached hydrogens (tertiary/aromatic N) is 5. The first-order valence-electron chi connectivity index (χ1n) is 13.3. The summed E-state index contributed by atoms with van der Waals surface area (Å²) in [6, 6.07) is 3.17. The second kappa shape index (κ2) is 13.1. The third-order valence-electron chi connectivity index (χ3n) is 6.48. The number of benzene rings is 1. The van der Waals surface area contributed by atoms with Crippen molar-refractivity contribution in [2.75, 3.05) is 19.8 Å². The molecule has 2 aromatic rings. The molecule has 1 aromatic carbocycles. The fraction of sp³-hybridized carbons (Fsp3) is 0.462. The standard InChI is InChI=1S/C26H32N8O8S2/c1-26(2,3)42-25(41)28-17(12-6-8-13(35)9-7-12)20(37)27-18-21(38)34-19(23(39)40)14(11-43-22(18)34)15(10-16(36)33(4)5)44-24-29-31-32-30-24/h6-9,15,17-18,22,35H,10-11H2,1-5H3,(H,27,37)(H,28,41)(H,39,40)(H,29,30,31,32)/t15?,17?,18?,22-/m0/s1. The zero-order valence-electron chi connectivity index (χ0n) is 24.4. The lowest BCUT2D eigenvalue weighted by atomic mass is 9.99. The van der Waals surface area contributed by atoms with E-state index in [1.54, 1.807) is 34.9 Å². The van der Waals surface area contributed by atoms with Gasteiger partial charge in [-0.2, -0.15) is 0 Å². The van der Waals surface area contributed by atoms with Gasteiger partial charge in [-0.25, -0.2) is 14.7 Å². The summed E-state index contributed by atoms with van der Waals surface area (Å²) in [6.45, 7) is 4.98. The van der Waals surface area contributed by atoms with Gasteiger partial charge in [-0.05, 0) is 54.5 Å². The molecule has 2 aliphatic rings. The molecule has 3 heterocycles. The van der Waals surface area contributed by atoms with Crippen molar-refractivity contribution in [2.24, 2.45) is 0 Å². The van der Waals surface area contributed by atoms with Crippen molar-refractivity contribution >= 4 is 53.3 Å². The summed E-state index contributed by atoms with van der Waals surface area (Å²) in [5.41, 5.74) is -0.478. The highest BCUT2D eigenvalue weighted by Gasteiger charge is 2.55. The number of aromatic hydroxyl groups is 1. The number of ether oxygens (including phenoxy) is 1. The quantitative estimate of drug-likeness (QED) is 0.178. The van der Waals surface area contributed by atoms with Crippen LogP contribution < -0.4 is 10.6 Å². The van der Waals surface area contributed by atoms with Crippen molar-refractivity contribution in [3.63, 3.8) is 0 Å². The van der Waals surface area contributed by atoms with Gasteiger partial charge in [0.15, 0.2) is 0 Å². The molecule has 3 unspecified atom stereocenters. The third-order valence-corrected chi connectivity index (χ3v) is 8.91. The largest absolute Gasteiger partial charge is 0.508 e. The Morgan fingerprint density at radius 1 is 1.23 bits per heavy atom. The molecule has 0 aliphatic carbocycles. The summed E-state index contributed by atoms with van der Waals surface area (Å²) in [5.74, 6) is -2.96. The van der Waals surface area contributed by atoms with E-state index in [1.165, 1.54) is 40.9 Å². The van der Waals surface area contributed by atoms with Crippen LogP contribution in [0.5, 0.6) is 5.75 Å². The molecule has 1 saturated heterocycles. The van der Waals surface area contributed by atoms with Gasteiger partial charge in [-0.15, -0.1) is 16.9 Å². The van der Waals surface area contributed by atoms with Crippen molar-refractivity contribution in [3.8, 4) is 5.75 Å². The van der Waals surface area contributed by atoms with Gasteiger partial charge in [0.2, 0.25) is 17.0 Å². The Hall–Kier alpha value is -4.32. The predicted molar refractivity (Wildman–Crippen MR) is 157 cm³/mol. The number of carboxylic acids is 1. The van der Waals surface area contributed by atoms with E-state index < -0.39 is 52.2 Å². The topological polar surface area (TPSA) is 220 Å². The van der Waals surface area contributed by atoms with E-state index in [0.29, 0.717) is 11.1 Å². The number of β-lactam (4-membered cyclic amide) rings is 1. The highest BCUT2D eigenvalue weighted by atomic mass is 32.2. The fourth-order valence-corrected chi connectivity index (χ4v) is 6.97. The number of carbonyl (C=O) groups is 5. The third kappa shape index (κ3) is 7.42. The van der Waals surface area contributed by atoms with E-state index in [4.69, 9.17) is 4.74 Å². The normalized spacial score (nSPS) is 19.3. The zero-order valence-corrected chi connectivity index (χ0v) is 26.1. The molecule has 4 amide bonds. The molecule has 0 saturated carbocycles. The van der Waals surface area contributed by atoms with Gasteiger partial charge in [0.05, 0.1) is 0 Å². The minimum atomic E-state index is -1.37. The number of aromatic amines is 1. The van der Waals surface area contributed by atoms with Crippen LogP contribution in [-0.2, 0) is 23.9 Å². The number of hydrogen-bond donors (Lipinski definition) is 5. The molecule has 4 atom stereocenters. The molecular formula is C26H32N8O8S2. The number of alkyl carbamates (subject to hydrolysis) is 1. The number of nitrogens with one attached hydrogen (secondary N) is 3. The number of carboxylic acid groups (broad SMARTS) is 1. The van der Waals surface area contributed by atoms with E-state index in [1.807, 2.05) is 0 Å². The maximum Gasteiger partial charge on any atom is 0.408 e. The number of phenols is 1. The number of carbonyl (C=O) groups excluding carboxylic acids is 4. The second-order valence-electron chi connectivity index (χ2n) is 11.1. The summed E-state index contributed by atoms with van der Waals surface area (Å²) in [6.07, 6.45) is -0.958. The average Bonchev–Trinajstić information content (AvgIpc) is 3.46. The molecule has 1 aromatic heterocycles. The van der Waals surface area contributed by atoms with Crippen LogP contribution in [0, 0.1) is 0 Å². The highest BCUT2D eigenvalue weighted by Crippen LogP contribution is 2.44. The lowest BCUT2D eigenvalue weighted by Crippen LogP contribution is -2.71. The number of H-pyrrole nitrogens is 1. The highest BCUT2D eigenvalue weighted by molar-refractivity contribution is 8.01. The number of tetrazole rings is 1. The van der Waals surface area contributed by atoms with Gasteiger partial charge in [-0.3, -0.25) is 19.3 Å². The first-order chi connectivity index (χ1) is 20.7. The summed E-state index contributed by atoms with van der Waals surface area (Å²) in [5, 5.41) is 37.3. The fourth-order valence-electron chi connectivity index (χ4n) is 4.43. The van der Waals surface area contributed by atoms with Gasteiger partial charge in [-0.1, -0.05) is 23.9 Å². The summed E-state index contributed by atoms with van der Waals surface area (Å²) in [4.78, 5) is 67.1. The van der Waals surface area contributed by atoms with Crippen molar-refractivity contribution in [1.82, 2.24) is 41.1 Å². The maximum atomic E-state index is 13.5. The molecule has 5 N–H and O–H groups in total. The van der Waals surface area contributed by atoms with Crippen molar-refractivity contribution in [2.45, 2.75) is 60.7 Å². The zero-order chi connectivity index (χ0) is 32.3. The van der Waals surface area contributed by atoms with E-state index in [0.717, 1.165) is 16.7 Å². The molecule has 2 aliphatic heterocycles. The number of rotatable bonds is 10. The van der Waals surface area contributed by atoms with Crippen LogP contribution in [0.4, 0.5) is 4.79 Å². The van der Waals surface area contributed by atoms with Crippen LogP contribution in [0.1, 0.15) is 38.8 Å². The van der Waals surface area contributed by atoms with Gasteiger partial charge in [0, 0.05) is 31.5 Å². The van der Waals surface area contributed by atoms with Crippen molar-refractivity contribution in [3.05, 3.63) is 41.1 Å². The molecule has 0 radical (unpaired) electrons. The first-order valence-corrected chi connectivity index (χ1v) is 15.2. The predicted octanol–water partition coefficient (Wildman–Crippen LogP) is 0.849. The lowest BCUT2D eigenvalue weighted by Gasteiger charge is -2.50. The Morgan fingerprint density at radius 2 is 1.91 bits per heavy atom. The summed E-state index contributed by atoms with van der Waals surface area (Å²) >= 11 is 2.30. The molecule has 44 heavy (non-hydrogen) atoms. The number of hydrogen-bond acceptors (Lipinski definition) is 12. The molecule has 16 nitrogen and oxygen atoms in total. The number of fused-ring (bicyclic) bond motifs is 1. The Bertz CT molecular complexity index is 1460. The number of aliphatic carboxylic acids is 1. The van der Waals surface area contributed by atoms with Gasteiger partial charge < -0.3 is 30.5 Å². The van der Waals surface area contributed by atoms with E-state index in [9.17, 15) is 34.2 Å². The monoisotopic (exact) mass is 648 g/mol. The minimum Gasteiger partial charge on any atom is -0.508 e. The summed E-state index contributed by atoms with van der Waals surface area (Å²) < 4.78 is 5.30. The van der Waals surface area contributed by atoms with Crippen LogP contribution in [0.25, 0.3) is 0 Å². The molecule has 236 valence electrons. The van der Waals surface area contributed by atoms with Crippen LogP contribution in [0.2, 0.25) is 0 Å². The van der Waals surface area contributed by atoms with Crippen molar-refractivity contribution in [1.29, 1.82) is 0 Å². The maximum absolute atomic E-state index is 13.5. The Morgan fingerprint density at radius 3 is 2.48 bits per heavy atom. The molecule has 0 spiro atoms. The SMILES string of the molecule is CN(C)C(=O)CC(Sc1nnn[nH]1)C1=C(C(=O)O)N2C(=O)C(NC(=O)C(NC(=O)OC(C)(C)C)c3ccc(O)cc3)[C@@H]2SC1. The van der Waals surface area contributed by atoms with E-state index in [2.05, 4.69) is 31.3 Å². The van der Waals surface area contributed by atoms with Crippen LogP contribution in [0.15, 0.2) is 40.7 Å².